The van der Waals surface area contributed by atoms with E-state index in [1.54, 1.807) is 6.33 Å². The number of nitrogens with one attached hydrogen (secondary N) is 1. The summed E-state index contributed by atoms with van der Waals surface area (Å²) in [7, 11) is 1.90. The van der Waals surface area contributed by atoms with Crippen LogP contribution in [0, 0.1) is 0 Å². The van der Waals surface area contributed by atoms with Crippen molar-refractivity contribution < 1.29 is 22.6 Å². The molecule has 1 atom stereocenters. The topological polar surface area (TPSA) is 94.0 Å². The lowest BCUT2D eigenvalue weighted by Crippen LogP contribution is -2.49. The van der Waals surface area contributed by atoms with Gasteiger partial charge in [-0.1, -0.05) is 18.2 Å². The number of benzene rings is 1. The Morgan fingerprint density at radius 1 is 1.21 bits per heavy atom. The van der Waals surface area contributed by atoms with Gasteiger partial charge in [-0.3, -0.25) is 10.00 Å². The Balaban J connectivity index is 1.40. The fourth-order valence-electron chi connectivity index (χ4n) is 5.29. The maximum atomic E-state index is 13.9. The molecule has 4 aromatic rings. The van der Waals surface area contributed by atoms with E-state index in [1.165, 1.54) is 0 Å². The van der Waals surface area contributed by atoms with Crippen molar-refractivity contribution in [3.05, 3.63) is 59.4 Å². The van der Waals surface area contributed by atoms with Gasteiger partial charge >= 0.3 is 6.18 Å². The number of hydrogen-bond acceptors (Lipinski definition) is 7. The van der Waals surface area contributed by atoms with Gasteiger partial charge in [0, 0.05) is 49.5 Å². The van der Waals surface area contributed by atoms with Crippen LogP contribution in [0.4, 0.5) is 13.2 Å². The largest absolute Gasteiger partial charge is 0.433 e. The number of nitrogens with zero attached hydrogens (tertiary/aromatic N) is 6. The number of H-pyrrole nitrogens is 1. The second-order valence-electron chi connectivity index (χ2n) is 10.3. The average molecular weight is 528 g/mol. The molecule has 2 fully saturated rings. The summed E-state index contributed by atoms with van der Waals surface area (Å²) in [5.41, 5.74) is 1.83. The lowest BCUT2D eigenvalue weighted by Gasteiger charge is -2.41. The number of rotatable bonds is 6. The number of aryl methyl sites for hydroxylation is 1. The summed E-state index contributed by atoms with van der Waals surface area (Å²) in [4.78, 5) is 6.08. The molecule has 2 aliphatic rings. The normalized spacial score (nSPS) is 20.1. The number of alkyl halides is 3. The Kier molecular flexibility index (Phi) is 6.20. The predicted octanol–water partition coefficient (Wildman–Crippen LogP) is 3.50. The highest BCUT2D eigenvalue weighted by atomic mass is 19.4. The van der Waals surface area contributed by atoms with E-state index in [0.29, 0.717) is 61.6 Å². The Morgan fingerprint density at radius 3 is 2.74 bits per heavy atom. The smallest absolute Gasteiger partial charge is 0.379 e. The van der Waals surface area contributed by atoms with Gasteiger partial charge in [0.05, 0.1) is 37.1 Å². The summed E-state index contributed by atoms with van der Waals surface area (Å²) in [6.45, 7) is 5.05. The summed E-state index contributed by atoms with van der Waals surface area (Å²) in [5.74, 6) is 0.840. The fourth-order valence-corrected chi connectivity index (χ4v) is 5.29. The first kappa shape index (κ1) is 25.0. The van der Waals surface area contributed by atoms with Crippen molar-refractivity contribution >= 4 is 10.9 Å². The van der Waals surface area contributed by atoms with Gasteiger partial charge in [0.2, 0.25) is 0 Å². The molecule has 0 radical (unpaired) electrons. The average Bonchev–Trinajstić information content (AvgIpc) is 3.47. The molecule has 0 unspecified atom stereocenters. The van der Waals surface area contributed by atoms with Crippen LogP contribution in [0.15, 0.2) is 36.7 Å². The number of aromatic nitrogens is 6. The number of ether oxygens (including phenoxy) is 2. The summed E-state index contributed by atoms with van der Waals surface area (Å²) in [5, 5.41) is 16.1. The standard InChI is InChI=1S/C26H28F3N7O2/c1-16-11-36(6-7-38-16)12-20-24-19(9-21(31-20)26(27,28)29)23(33-34-24)17-4-3-5-18(8-17)25(13-37-14-25)10-22-32-30-15-35(22)2/h3-5,8-9,15-16H,6-7,10-14H2,1-2H3,(H,33,34)/t16-/m1/s1. The third kappa shape index (κ3) is 4.56. The minimum absolute atomic E-state index is 0.00876. The lowest BCUT2D eigenvalue weighted by atomic mass is 9.75. The second kappa shape index (κ2) is 9.44. The van der Waals surface area contributed by atoms with Crippen molar-refractivity contribution in [3.63, 3.8) is 0 Å². The second-order valence-corrected chi connectivity index (χ2v) is 10.3. The van der Waals surface area contributed by atoms with Gasteiger partial charge in [0.15, 0.2) is 0 Å². The molecule has 0 spiro atoms. The fraction of sp³-hybridized carbons (Fsp3) is 0.462. The van der Waals surface area contributed by atoms with E-state index in [2.05, 4.69) is 30.3 Å². The third-order valence-electron chi connectivity index (χ3n) is 7.42. The van der Waals surface area contributed by atoms with Crippen LogP contribution in [0.25, 0.3) is 22.2 Å². The van der Waals surface area contributed by atoms with Crippen LogP contribution in [0.3, 0.4) is 0 Å². The van der Waals surface area contributed by atoms with Crippen LogP contribution >= 0.6 is 0 Å². The monoisotopic (exact) mass is 527 g/mol. The van der Waals surface area contributed by atoms with Crippen molar-refractivity contribution in [3.8, 4) is 11.3 Å². The van der Waals surface area contributed by atoms with E-state index in [1.807, 2.05) is 42.8 Å². The number of fused-ring (bicyclic) bond motifs is 1. The molecule has 0 saturated carbocycles. The molecule has 0 aliphatic carbocycles. The van der Waals surface area contributed by atoms with Gasteiger partial charge in [-0.2, -0.15) is 18.3 Å². The molecule has 1 N–H and O–H groups in total. The molecular formula is C26H28F3N7O2. The molecule has 1 aromatic carbocycles. The van der Waals surface area contributed by atoms with Gasteiger partial charge in [-0.25, -0.2) is 4.98 Å². The van der Waals surface area contributed by atoms with E-state index in [9.17, 15) is 13.2 Å². The van der Waals surface area contributed by atoms with Crippen molar-refractivity contribution in [1.29, 1.82) is 0 Å². The van der Waals surface area contributed by atoms with E-state index >= 15 is 0 Å². The van der Waals surface area contributed by atoms with E-state index in [0.717, 1.165) is 23.0 Å². The zero-order chi connectivity index (χ0) is 26.5. The molecule has 38 heavy (non-hydrogen) atoms. The summed E-state index contributed by atoms with van der Waals surface area (Å²) in [6.07, 6.45) is -2.27. The molecule has 6 rings (SSSR count). The minimum atomic E-state index is -4.58. The Morgan fingerprint density at radius 2 is 2.05 bits per heavy atom. The van der Waals surface area contributed by atoms with Crippen molar-refractivity contribution in [2.45, 2.75) is 37.6 Å². The van der Waals surface area contributed by atoms with Crippen LogP contribution in [-0.4, -0.2) is 73.9 Å². The van der Waals surface area contributed by atoms with Crippen LogP contribution < -0.4 is 0 Å². The Hall–Kier alpha value is -3.35. The van der Waals surface area contributed by atoms with Gasteiger partial charge in [0.25, 0.3) is 0 Å². The zero-order valence-electron chi connectivity index (χ0n) is 21.1. The number of hydrogen-bond donors (Lipinski definition) is 1. The lowest BCUT2D eigenvalue weighted by molar-refractivity contribution is -0.141. The van der Waals surface area contributed by atoms with Crippen LogP contribution in [0.5, 0.6) is 0 Å². The molecule has 0 amide bonds. The molecule has 200 valence electrons. The molecule has 2 saturated heterocycles. The summed E-state index contributed by atoms with van der Waals surface area (Å²) in [6, 6.07) is 8.88. The molecule has 3 aromatic heterocycles. The van der Waals surface area contributed by atoms with Crippen LogP contribution in [0.1, 0.15) is 29.7 Å². The first-order chi connectivity index (χ1) is 18.2. The molecule has 2 aliphatic heterocycles. The highest BCUT2D eigenvalue weighted by Gasteiger charge is 2.42. The molecule has 12 heteroatoms. The highest BCUT2D eigenvalue weighted by molar-refractivity contribution is 5.94. The number of pyridine rings is 1. The first-order valence-corrected chi connectivity index (χ1v) is 12.5. The van der Waals surface area contributed by atoms with Crippen molar-refractivity contribution in [2.24, 2.45) is 7.05 Å². The maximum absolute atomic E-state index is 13.9. The minimum Gasteiger partial charge on any atom is -0.379 e. The van der Waals surface area contributed by atoms with Crippen molar-refractivity contribution in [1.82, 2.24) is 34.8 Å². The van der Waals surface area contributed by atoms with E-state index in [4.69, 9.17) is 9.47 Å². The summed E-state index contributed by atoms with van der Waals surface area (Å²) >= 11 is 0. The van der Waals surface area contributed by atoms with E-state index < -0.39 is 11.9 Å². The maximum Gasteiger partial charge on any atom is 0.433 e. The molecule has 0 bridgehead atoms. The van der Waals surface area contributed by atoms with Gasteiger partial charge in [0.1, 0.15) is 23.5 Å². The van der Waals surface area contributed by atoms with Crippen molar-refractivity contribution in [2.75, 3.05) is 32.9 Å². The quantitative estimate of drug-likeness (QED) is 0.410. The molecular weight excluding hydrogens is 499 g/mol. The first-order valence-electron chi connectivity index (χ1n) is 12.5. The number of morpholine rings is 1. The Bertz CT molecular complexity index is 1460. The SMILES string of the molecule is C[C@@H]1CN(Cc2nc(C(F)(F)F)cc3c(-c4cccc(C5(Cc6nncn6C)COC5)c4)n[nH]c23)CCO1. The van der Waals surface area contributed by atoms with E-state index in [-0.39, 0.29) is 18.1 Å². The van der Waals surface area contributed by atoms with Crippen LogP contribution in [-0.2, 0) is 41.1 Å². The van der Waals surface area contributed by atoms with Gasteiger partial charge in [-0.05, 0) is 24.6 Å². The Labute approximate surface area is 217 Å². The third-order valence-corrected chi connectivity index (χ3v) is 7.42. The number of halogens is 3. The molecule has 5 heterocycles. The van der Waals surface area contributed by atoms with Gasteiger partial charge in [-0.15, -0.1) is 10.2 Å². The predicted molar refractivity (Wildman–Crippen MR) is 132 cm³/mol. The summed E-state index contributed by atoms with van der Waals surface area (Å²) < 4.78 is 54.8. The number of aromatic amines is 1. The highest BCUT2D eigenvalue weighted by Crippen LogP contribution is 2.39. The van der Waals surface area contributed by atoms with Crippen LogP contribution in [0.2, 0.25) is 0 Å². The zero-order valence-corrected chi connectivity index (χ0v) is 21.1. The van der Waals surface area contributed by atoms with Gasteiger partial charge < -0.3 is 14.0 Å². The molecule has 9 nitrogen and oxygen atoms in total.